The Labute approximate surface area is 113 Å². The molecule has 0 aliphatic carbocycles. The van der Waals surface area contributed by atoms with Gasteiger partial charge in [0.2, 0.25) is 5.91 Å². The van der Waals surface area contributed by atoms with E-state index < -0.39 is 0 Å². The van der Waals surface area contributed by atoms with Crippen molar-refractivity contribution in [3.8, 4) is 0 Å². The largest absolute Gasteiger partial charge is 0.397 e. The molecule has 0 radical (unpaired) electrons. The molecule has 0 fully saturated rings. The van der Waals surface area contributed by atoms with Gasteiger partial charge in [-0.3, -0.25) is 4.79 Å². The Balaban J connectivity index is 2.15. The molecule has 0 saturated heterocycles. The van der Waals surface area contributed by atoms with Crippen molar-refractivity contribution < 1.29 is 9.53 Å². The highest BCUT2D eigenvalue weighted by molar-refractivity contribution is 5.95. The maximum absolute atomic E-state index is 11.4. The van der Waals surface area contributed by atoms with Crippen molar-refractivity contribution in [1.29, 1.82) is 0 Å². The second kappa shape index (κ2) is 5.93. The molecule has 0 saturated carbocycles. The fourth-order valence-corrected chi connectivity index (χ4v) is 2.33. The van der Waals surface area contributed by atoms with Crippen LogP contribution in [0.25, 0.3) is 0 Å². The number of hydrogen-bond acceptors (Lipinski definition) is 4. The Morgan fingerprint density at radius 1 is 1.42 bits per heavy atom. The van der Waals surface area contributed by atoms with Crippen molar-refractivity contribution in [1.82, 2.24) is 0 Å². The molecule has 0 unspecified atom stereocenters. The lowest BCUT2D eigenvalue weighted by atomic mass is 10.0. The second-order valence-electron chi connectivity index (χ2n) is 4.88. The summed E-state index contributed by atoms with van der Waals surface area (Å²) in [6.07, 6.45) is 2.28. The highest BCUT2D eigenvalue weighted by Crippen LogP contribution is 2.32. The molecule has 0 spiro atoms. The molecule has 5 heteroatoms. The zero-order chi connectivity index (χ0) is 13.8. The number of fused-ring (bicyclic) bond motifs is 1. The van der Waals surface area contributed by atoms with E-state index in [0.717, 1.165) is 42.9 Å². The minimum Gasteiger partial charge on any atom is -0.397 e. The van der Waals surface area contributed by atoms with E-state index >= 15 is 0 Å². The number of rotatable bonds is 5. The van der Waals surface area contributed by atoms with Gasteiger partial charge in [0, 0.05) is 39.4 Å². The Morgan fingerprint density at radius 3 is 2.95 bits per heavy atom. The lowest BCUT2D eigenvalue weighted by molar-refractivity contribution is -0.116. The van der Waals surface area contributed by atoms with Gasteiger partial charge < -0.3 is 20.7 Å². The van der Waals surface area contributed by atoms with Crippen LogP contribution in [0.2, 0.25) is 0 Å². The van der Waals surface area contributed by atoms with E-state index in [4.69, 9.17) is 10.5 Å². The van der Waals surface area contributed by atoms with Gasteiger partial charge in [-0.1, -0.05) is 0 Å². The summed E-state index contributed by atoms with van der Waals surface area (Å²) in [5.41, 5.74) is 9.79. The first-order chi connectivity index (χ1) is 9.11. The van der Waals surface area contributed by atoms with Crippen molar-refractivity contribution in [3.63, 3.8) is 0 Å². The molecule has 1 aromatic rings. The first-order valence-corrected chi connectivity index (χ1v) is 6.54. The fourth-order valence-electron chi connectivity index (χ4n) is 2.33. The zero-order valence-corrected chi connectivity index (χ0v) is 11.5. The van der Waals surface area contributed by atoms with Crippen molar-refractivity contribution in [2.24, 2.45) is 0 Å². The maximum Gasteiger partial charge on any atom is 0.224 e. The number of nitrogens with zero attached hydrogens (tertiary/aromatic N) is 1. The molecule has 19 heavy (non-hydrogen) atoms. The molecule has 1 aliphatic heterocycles. The first kappa shape index (κ1) is 13.7. The molecule has 2 rings (SSSR count). The number of nitrogens with one attached hydrogen (secondary N) is 1. The predicted molar refractivity (Wildman–Crippen MR) is 77.6 cm³/mol. The summed E-state index contributed by atoms with van der Waals surface area (Å²) >= 11 is 0. The molecule has 0 bridgehead atoms. The third kappa shape index (κ3) is 3.17. The molecule has 1 amide bonds. The van der Waals surface area contributed by atoms with Gasteiger partial charge in [-0.15, -0.1) is 0 Å². The summed E-state index contributed by atoms with van der Waals surface area (Å²) in [4.78, 5) is 13.5. The summed E-state index contributed by atoms with van der Waals surface area (Å²) < 4.78 is 5.06. The number of ether oxygens (including phenoxy) is 1. The van der Waals surface area contributed by atoms with Gasteiger partial charge in [0.1, 0.15) is 0 Å². The van der Waals surface area contributed by atoms with Crippen LogP contribution < -0.4 is 16.0 Å². The number of anilines is 3. The van der Waals surface area contributed by atoms with Crippen LogP contribution in [0.1, 0.15) is 18.4 Å². The van der Waals surface area contributed by atoms with E-state index in [-0.39, 0.29) is 5.91 Å². The topological polar surface area (TPSA) is 67.6 Å². The maximum atomic E-state index is 11.4. The van der Waals surface area contributed by atoms with Gasteiger partial charge in [-0.2, -0.15) is 0 Å². The molecule has 104 valence electrons. The van der Waals surface area contributed by atoms with Crippen molar-refractivity contribution in [2.75, 3.05) is 43.3 Å². The van der Waals surface area contributed by atoms with E-state index in [1.165, 1.54) is 0 Å². The van der Waals surface area contributed by atoms with Crippen molar-refractivity contribution >= 4 is 23.0 Å². The molecule has 5 nitrogen and oxygen atoms in total. The van der Waals surface area contributed by atoms with Crippen LogP contribution in [-0.2, 0) is 16.0 Å². The summed E-state index contributed by atoms with van der Waals surface area (Å²) in [5.74, 6) is 0.0631. The van der Waals surface area contributed by atoms with Crippen LogP contribution in [0.3, 0.4) is 0 Å². The quantitative estimate of drug-likeness (QED) is 0.626. The zero-order valence-electron chi connectivity index (χ0n) is 11.5. The number of aryl methyl sites for hydroxylation is 1. The van der Waals surface area contributed by atoms with Crippen LogP contribution in [0.15, 0.2) is 12.1 Å². The number of nitrogens with two attached hydrogens (primary N) is 1. The van der Waals surface area contributed by atoms with Gasteiger partial charge in [0.25, 0.3) is 0 Å². The minimum atomic E-state index is 0.0631. The molecule has 0 aromatic heterocycles. The van der Waals surface area contributed by atoms with Crippen LogP contribution in [0.5, 0.6) is 0 Å². The summed E-state index contributed by atoms with van der Waals surface area (Å²) in [7, 11) is 3.73. The standard InChI is InChI=1S/C14H21N3O2/c1-17(6-3-7-19-2)13-8-10-4-5-14(18)16-12(10)9-11(13)15/h8-9H,3-7,15H2,1-2H3,(H,16,18). The third-order valence-electron chi connectivity index (χ3n) is 3.40. The normalized spacial score (nSPS) is 13.9. The number of carbonyl (C=O) groups is 1. The Kier molecular flexibility index (Phi) is 4.27. The fraction of sp³-hybridized carbons (Fsp3) is 0.500. The molecule has 1 aliphatic rings. The Morgan fingerprint density at radius 2 is 2.21 bits per heavy atom. The third-order valence-corrected chi connectivity index (χ3v) is 3.40. The summed E-state index contributed by atoms with van der Waals surface area (Å²) in [6.45, 7) is 1.63. The van der Waals surface area contributed by atoms with Crippen molar-refractivity contribution in [2.45, 2.75) is 19.3 Å². The van der Waals surface area contributed by atoms with Gasteiger partial charge >= 0.3 is 0 Å². The highest BCUT2D eigenvalue weighted by Gasteiger charge is 2.17. The van der Waals surface area contributed by atoms with E-state index in [9.17, 15) is 4.79 Å². The van der Waals surface area contributed by atoms with Crippen LogP contribution in [0.4, 0.5) is 17.1 Å². The monoisotopic (exact) mass is 263 g/mol. The van der Waals surface area contributed by atoms with Crippen LogP contribution >= 0.6 is 0 Å². The van der Waals surface area contributed by atoms with E-state index in [2.05, 4.69) is 16.3 Å². The predicted octanol–water partition coefficient (Wildman–Crippen LogP) is 1.63. The van der Waals surface area contributed by atoms with Crippen LogP contribution in [0, 0.1) is 0 Å². The highest BCUT2D eigenvalue weighted by atomic mass is 16.5. The average Bonchev–Trinajstić information content (AvgIpc) is 2.38. The smallest absolute Gasteiger partial charge is 0.224 e. The lowest BCUT2D eigenvalue weighted by Gasteiger charge is -2.25. The second-order valence-corrected chi connectivity index (χ2v) is 4.88. The Hall–Kier alpha value is -1.75. The molecule has 0 atom stereocenters. The SMILES string of the molecule is COCCCN(C)c1cc2c(cc1N)NC(=O)CC2. The average molecular weight is 263 g/mol. The number of benzene rings is 1. The van der Waals surface area contributed by atoms with Gasteiger partial charge in [-0.05, 0) is 30.5 Å². The molecular formula is C14H21N3O2. The summed E-state index contributed by atoms with van der Waals surface area (Å²) in [5, 5.41) is 2.86. The van der Waals surface area contributed by atoms with Crippen molar-refractivity contribution in [3.05, 3.63) is 17.7 Å². The molecule has 1 heterocycles. The van der Waals surface area contributed by atoms with E-state index in [0.29, 0.717) is 12.1 Å². The molecule has 1 aromatic carbocycles. The van der Waals surface area contributed by atoms with Crippen LogP contribution in [-0.4, -0.2) is 33.2 Å². The van der Waals surface area contributed by atoms with E-state index in [1.807, 2.05) is 13.1 Å². The summed E-state index contributed by atoms with van der Waals surface area (Å²) in [6, 6.07) is 3.94. The lowest BCUT2D eigenvalue weighted by Crippen LogP contribution is -2.23. The molecular weight excluding hydrogens is 242 g/mol. The number of carbonyl (C=O) groups excluding carboxylic acids is 1. The number of amides is 1. The number of hydrogen-bond donors (Lipinski definition) is 2. The van der Waals surface area contributed by atoms with Gasteiger partial charge in [-0.25, -0.2) is 0 Å². The minimum absolute atomic E-state index is 0.0631. The van der Waals surface area contributed by atoms with E-state index in [1.54, 1.807) is 7.11 Å². The number of nitrogen functional groups attached to an aromatic ring is 1. The molecule has 3 N–H and O–H groups in total. The van der Waals surface area contributed by atoms with Gasteiger partial charge in [0.15, 0.2) is 0 Å². The first-order valence-electron chi connectivity index (χ1n) is 6.54. The number of methoxy groups -OCH3 is 1. The Bertz CT molecular complexity index is 474. The van der Waals surface area contributed by atoms with Gasteiger partial charge in [0.05, 0.1) is 11.4 Å².